The summed E-state index contributed by atoms with van der Waals surface area (Å²) in [6, 6.07) is 7.54. The summed E-state index contributed by atoms with van der Waals surface area (Å²) in [4.78, 5) is 22.3. The van der Waals surface area contributed by atoms with E-state index in [-0.39, 0.29) is 12.3 Å². The molecule has 0 heterocycles. The number of carboxylic acid groups (broad SMARTS) is 1. The molecule has 1 amide bonds. The Morgan fingerprint density at radius 2 is 2.19 bits per heavy atom. The lowest BCUT2D eigenvalue weighted by molar-refractivity contribution is -0.136. The Bertz CT molecular complexity index is 478. The lowest BCUT2D eigenvalue weighted by atomic mass is 10.2. The minimum Gasteiger partial charge on any atom is -0.481 e. The van der Waals surface area contributed by atoms with Crippen molar-refractivity contribution < 1.29 is 19.4 Å². The summed E-state index contributed by atoms with van der Waals surface area (Å²) < 4.78 is 5.24. The minimum atomic E-state index is -0.784. The number of nitrogens with one attached hydrogen (secondary N) is 1. The number of aliphatic carboxylic acids is 1. The lowest BCUT2D eigenvalue weighted by Crippen LogP contribution is -2.27. The molecule has 1 aromatic rings. The van der Waals surface area contributed by atoms with Crippen molar-refractivity contribution in [3.63, 3.8) is 0 Å². The molecule has 0 spiro atoms. The van der Waals surface area contributed by atoms with E-state index in [0.29, 0.717) is 12.4 Å². The van der Waals surface area contributed by atoms with Gasteiger partial charge in [0.2, 0.25) is 0 Å². The average Bonchev–Trinajstić information content (AvgIpc) is 2.44. The fourth-order valence-electron chi connectivity index (χ4n) is 1.66. The third-order valence-electron chi connectivity index (χ3n) is 2.71. The number of anilines is 1. The van der Waals surface area contributed by atoms with Gasteiger partial charge in [-0.25, -0.2) is 0 Å². The van der Waals surface area contributed by atoms with Crippen molar-refractivity contribution in [3.05, 3.63) is 29.8 Å². The van der Waals surface area contributed by atoms with Gasteiger partial charge in [0, 0.05) is 23.8 Å². The number of carboxylic acids is 1. The SMILES string of the molecule is CCOC(C)C(=O)Nc1cccc(CSCCC(=O)O)c1. The van der Waals surface area contributed by atoms with Gasteiger partial charge in [-0.05, 0) is 31.5 Å². The molecule has 1 unspecified atom stereocenters. The first-order valence-electron chi connectivity index (χ1n) is 6.84. The van der Waals surface area contributed by atoms with Crippen molar-refractivity contribution in [1.29, 1.82) is 0 Å². The van der Waals surface area contributed by atoms with E-state index in [0.717, 1.165) is 17.0 Å². The van der Waals surface area contributed by atoms with Gasteiger partial charge in [0.05, 0.1) is 6.42 Å². The molecule has 21 heavy (non-hydrogen) atoms. The summed E-state index contributed by atoms with van der Waals surface area (Å²) in [6.07, 6.45) is -0.323. The molecule has 116 valence electrons. The Morgan fingerprint density at radius 3 is 2.86 bits per heavy atom. The van der Waals surface area contributed by atoms with Crippen molar-refractivity contribution >= 4 is 29.3 Å². The number of amides is 1. The normalized spacial score (nSPS) is 11.9. The zero-order valence-electron chi connectivity index (χ0n) is 12.3. The molecule has 6 heteroatoms. The number of ether oxygens (including phenoxy) is 1. The fourth-order valence-corrected chi connectivity index (χ4v) is 2.54. The van der Waals surface area contributed by atoms with Crippen molar-refractivity contribution in [1.82, 2.24) is 0 Å². The minimum absolute atomic E-state index is 0.160. The van der Waals surface area contributed by atoms with E-state index in [1.54, 1.807) is 18.7 Å². The third kappa shape index (κ3) is 7.15. The molecule has 5 nitrogen and oxygen atoms in total. The second kappa shape index (κ2) is 9.41. The van der Waals surface area contributed by atoms with E-state index in [9.17, 15) is 9.59 Å². The number of carbonyl (C=O) groups is 2. The van der Waals surface area contributed by atoms with Crippen LogP contribution >= 0.6 is 11.8 Å². The molecule has 0 bridgehead atoms. The zero-order chi connectivity index (χ0) is 15.7. The first kappa shape index (κ1) is 17.5. The van der Waals surface area contributed by atoms with E-state index in [2.05, 4.69) is 5.32 Å². The summed E-state index contributed by atoms with van der Waals surface area (Å²) in [6.45, 7) is 4.05. The second-order valence-electron chi connectivity index (χ2n) is 4.48. The molecule has 1 atom stereocenters. The Hall–Kier alpha value is -1.53. The van der Waals surface area contributed by atoms with Crippen molar-refractivity contribution in [2.75, 3.05) is 17.7 Å². The van der Waals surface area contributed by atoms with E-state index in [4.69, 9.17) is 9.84 Å². The zero-order valence-corrected chi connectivity index (χ0v) is 13.1. The van der Waals surface area contributed by atoms with Gasteiger partial charge >= 0.3 is 5.97 Å². The van der Waals surface area contributed by atoms with Crippen LogP contribution in [0.5, 0.6) is 0 Å². The molecule has 2 N–H and O–H groups in total. The van der Waals surface area contributed by atoms with Gasteiger partial charge in [-0.3, -0.25) is 9.59 Å². The van der Waals surface area contributed by atoms with Crippen LogP contribution in [0.2, 0.25) is 0 Å². The van der Waals surface area contributed by atoms with Gasteiger partial charge in [-0.15, -0.1) is 0 Å². The smallest absolute Gasteiger partial charge is 0.304 e. The van der Waals surface area contributed by atoms with Crippen LogP contribution in [0.1, 0.15) is 25.8 Å². The Morgan fingerprint density at radius 1 is 1.43 bits per heavy atom. The van der Waals surface area contributed by atoms with Crippen LogP contribution in [0.3, 0.4) is 0 Å². The van der Waals surface area contributed by atoms with Crippen LogP contribution in [0.4, 0.5) is 5.69 Å². The predicted octanol–water partition coefficient (Wildman–Crippen LogP) is 2.76. The van der Waals surface area contributed by atoms with E-state index in [1.165, 1.54) is 0 Å². The number of carbonyl (C=O) groups excluding carboxylic acids is 1. The molecule has 0 aliphatic rings. The van der Waals surface area contributed by atoms with E-state index < -0.39 is 12.1 Å². The summed E-state index contributed by atoms with van der Waals surface area (Å²) in [5.41, 5.74) is 1.77. The highest BCUT2D eigenvalue weighted by atomic mass is 32.2. The molecule has 0 radical (unpaired) electrons. The van der Waals surface area contributed by atoms with Crippen LogP contribution in [-0.4, -0.2) is 35.4 Å². The van der Waals surface area contributed by atoms with Gasteiger partial charge in [0.25, 0.3) is 5.91 Å². The largest absolute Gasteiger partial charge is 0.481 e. The van der Waals surface area contributed by atoms with Gasteiger partial charge in [-0.1, -0.05) is 12.1 Å². The standard InChI is InChI=1S/C15H21NO4S/c1-3-20-11(2)15(19)16-13-6-4-5-12(9-13)10-21-8-7-14(17)18/h4-6,9,11H,3,7-8,10H2,1-2H3,(H,16,19)(H,17,18). The van der Waals surface area contributed by atoms with Crippen LogP contribution in [0, 0.1) is 0 Å². The summed E-state index contributed by atoms with van der Waals surface area (Å²) in [7, 11) is 0. The highest BCUT2D eigenvalue weighted by molar-refractivity contribution is 7.98. The number of rotatable bonds is 9. The van der Waals surface area contributed by atoms with Crippen molar-refractivity contribution in [2.24, 2.45) is 0 Å². The molecule has 0 aliphatic carbocycles. The number of benzene rings is 1. The molecule has 0 saturated carbocycles. The topological polar surface area (TPSA) is 75.6 Å². The van der Waals surface area contributed by atoms with Crippen LogP contribution in [0.25, 0.3) is 0 Å². The van der Waals surface area contributed by atoms with Crippen LogP contribution < -0.4 is 5.32 Å². The van der Waals surface area contributed by atoms with E-state index in [1.807, 2.05) is 31.2 Å². The first-order chi connectivity index (χ1) is 10.0. The fraction of sp³-hybridized carbons (Fsp3) is 0.467. The Labute approximate surface area is 129 Å². The molecule has 1 rings (SSSR count). The van der Waals surface area contributed by atoms with Gasteiger partial charge in [0.1, 0.15) is 6.10 Å². The molecular formula is C15H21NO4S. The van der Waals surface area contributed by atoms with Crippen LogP contribution in [0.15, 0.2) is 24.3 Å². The quantitative estimate of drug-likeness (QED) is 0.686. The van der Waals surface area contributed by atoms with E-state index >= 15 is 0 Å². The highest BCUT2D eigenvalue weighted by Gasteiger charge is 2.12. The molecule has 0 saturated heterocycles. The first-order valence-corrected chi connectivity index (χ1v) is 7.99. The maximum atomic E-state index is 11.8. The van der Waals surface area contributed by atoms with Crippen molar-refractivity contribution in [2.45, 2.75) is 32.1 Å². The molecule has 0 aliphatic heterocycles. The average molecular weight is 311 g/mol. The summed E-state index contributed by atoms with van der Waals surface area (Å²) in [5, 5.41) is 11.4. The molecule has 0 aromatic heterocycles. The second-order valence-corrected chi connectivity index (χ2v) is 5.59. The molecular weight excluding hydrogens is 290 g/mol. The monoisotopic (exact) mass is 311 g/mol. The number of hydrogen-bond acceptors (Lipinski definition) is 4. The summed E-state index contributed by atoms with van der Waals surface area (Å²) in [5.74, 6) is 0.339. The summed E-state index contributed by atoms with van der Waals surface area (Å²) >= 11 is 1.56. The maximum absolute atomic E-state index is 11.8. The predicted molar refractivity (Wildman–Crippen MR) is 84.6 cm³/mol. The third-order valence-corrected chi connectivity index (χ3v) is 3.74. The van der Waals surface area contributed by atoms with Gasteiger partial charge in [0.15, 0.2) is 0 Å². The van der Waals surface area contributed by atoms with Gasteiger partial charge < -0.3 is 15.2 Å². The van der Waals surface area contributed by atoms with Crippen molar-refractivity contribution in [3.8, 4) is 0 Å². The molecule has 0 fully saturated rings. The van der Waals surface area contributed by atoms with Crippen LogP contribution in [-0.2, 0) is 20.1 Å². The molecule has 1 aromatic carbocycles. The Kier molecular flexibility index (Phi) is 7.85. The van der Waals surface area contributed by atoms with Gasteiger partial charge in [-0.2, -0.15) is 11.8 Å². The Balaban J connectivity index is 2.48. The number of thioether (sulfide) groups is 1. The number of hydrogen-bond donors (Lipinski definition) is 2. The highest BCUT2D eigenvalue weighted by Crippen LogP contribution is 2.17. The lowest BCUT2D eigenvalue weighted by Gasteiger charge is -2.12. The maximum Gasteiger partial charge on any atom is 0.304 e.